The van der Waals surface area contributed by atoms with Gasteiger partial charge < -0.3 is 9.47 Å². The van der Waals surface area contributed by atoms with Crippen LogP contribution in [0.2, 0.25) is 0 Å². The van der Waals surface area contributed by atoms with Crippen LogP contribution in [0.25, 0.3) is 5.57 Å². The third kappa shape index (κ3) is 3.87. The van der Waals surface area contributed by atoms with Gasteiger partial charge in [-0.2, -0.15) is 0 Å². The molecule has 2 unspecified atom stereocenters. The van der Waals surface area contributed by atoms with E-state index in [1.54, 1.807) is 25.7 Å². The molecular formula is C19H22F3NO3. The maximum absolute atomic E-state index is 13.9. The number of benzene rings is 1. The molecule has 3 rings (SSSR count). The molecule has 26 heavy (non-hydrogen) atoms. The highest BCUT2D eigenvalue weighted by atomic mass is 19.3. The molecule has 2 aliphatic heterocycles. The Kier molecular flexibility index (Phi) is 5.01. The van der Waals surface area contributed by atoms with Crippen molar-refractivity contribution < 1.29 is 27.4 Å². The normalized spacial score (nSPS) is 23.0. The van der Waals surface area contributed by atoms with Crippen molar-refractivity contribution in [3.63, 3.8) is 0 Å². The third-order valence-corrected chi connectivity index (χ3v) is 4.41. The Hall–Kier alpha value is -2.02. The van der Waals surface area contributed by atoms with Crippen LogP contribution in [0.1, 0.15) is 44.7 Å². The van der Waals surface area contributed by atoms with E-state index in [4.69, 9.17) is 9.47 Å². The summed E-state index contributed by atoms with van der Waals surface area (Å²) in [7, 11) is 0. The van der Waals surface area contributed by atoms with Gasteiger partial charge in [0, 0.05) is 0 Å². The van der Waals surface area contributed by atoms with Gasteiger partial charge >= 0.3 is 6.09 Å². The number of ether oxygens (including phenoxy) is 2. The van der Waals surface area contributed by atoms with Crippen molar-refractivity contribution in [2.75, 3.05) is 13.2 Å². The fourth-order valence-corrected chi connectivity index (χ4v) is 3.31. The van der Waals surface area contributed by atoms with E-state index in [0.717, 1.165) is 17.7 Å². The van der Waals surface area contributed by atoms with Crippen LogP contribution in [0.15, 0.2) is 24.3 Å². The van der Waals surface area contributed by atoms with Crippen molar-refractivity contribution in [2.45, 2.75) is 51.3 Å². The van der Waals surface area contributed by atoms with Gasteiger partial charge in [-0.3, -0.25) is 4.90 Å². The first-order valence-corrected chi connectivity index (χ1v) is 8.53. The molecule has 2 heterocycles. The molecule has 7 heteroatoms. The number of rotatable bonds is 2. The molecular weight excluding hydrogens is 347 g/mol. The molecule has 0 aromatic heterocycles. The molecule has 1 aromatic carbocycles. The minimum Gasteiger partial charge on any atom is -0.444 e. The first kappa shape index (κ1) is 18.8. The first-order valence-electron chi connectivity index (χ1n) is 8.53. The van der Waals surface area contributed by atoms with Crippen LogP contribution in [0.4, 0.5) is 18.0 Å². The predicted molar refractivity (Wildman–Crippen MR) is 90.4 cm³/mol. The molecule has 2 aliphatic rings. The maximum atomic E-state index is 13.9. The zero-order valence-electron chi connectivity index (χ0n) is 15.0. The zero-order valence-corrected chi connectivity index (χ0v) is 15.0. The van der Waals surface area contributed by atoms with Gasteiger partial charge in [0.25, 0.3) is 6.43 Å². The van der Waals surface area contributed by atoms with Gasteiger partial charge in [-0.05, 0) is 50.5 Å². The highest BCUT2D eigenvalue weighted by molar-refractivity contribution is 5.75. The summed E-state index contributed by atoms with van der Waals surface area (Å²) in [6.07, 6.45) is -0.982. The molecule has 142 valence electrons. The molecule has 0 spiro atoms. The van der Waals surface area contributed by atoms with Crippen molar-refractivity contribution in [2.24, 2.45) is 0 Å². The van der Waals surface area contributed by atoms with Gasteiger partial charge in [0.1, 0.15) is 11.4 Å². The number of halogens is 3. The Balaban J connectivity index is 1.86. The van der Waals surface area contributed by atoms with E-state index < -0.39 is 29.5 Å². The average molecular weight is 369 g/mol. The number of nitrogens with zero attached hydrogens (tertiary/aromatic N) is 1. The Morgan fingerprint density at radius 1 is 1.31 bits per heavy atom. The number of carbonyl (C=O) groups is 1. The summed E-state index contributed by atoms with van der Waals surface area (Å²) in [5.41, 5.74) is 0.157. The minimum atomic E-state index is -2.85. The molecule has 1 aromatic rings. The average Bonchev–Trinajstić information content (AvgIpc) is 2.51. The van der Waals surface area contributed by atoms with Gasteiger partial charge in [0.2, 0.25) is 0 Å². The summed E-state index contributed by atoms with van der Waals surface area (Å²) < 4.78 is 50.4. The number of alkyl halides is 2. The van der Waals surface area contributed by atoms with E-state index in [2.05, 4.69) is 0 Å². The Morgan fingerprint density at radius 2 is 2.04 bits per heavy atom. The quantitative estimate of drug-likeness (QED) is 0.767. The fourth-order valence-electron chi connectivity index (χ4n) is 3.31. The zero-order chi connectivity index (χ0) is 19.1. The summed E-state index contributed by atoms with van der Waals surface area (Å²) in [6.45, 7) is 6.07. The smallest absolute Gasteiger partial charge is 0.411 e. The van der Waals surface area contributed by atoms with E-state index in [0.29, 0.717) is 25.2 Å². The van der Waals surface area contributed by atoms with E-state index in [9.17, 15) is 18.0 Å². The largest absolute Gasteiger partial charge is 0.444 e. The number of carbonyl (C=O) groups excluding carboxylic acids is 1. The fraction of sp³-hybridized carbons (Fsp3) is 0.526. The van der Waals surface area contributed by atoms with E-state index in [-0.39, 0.29) is 12.1 Å². The highest BCUT2D eigenvalue weighted by Gasteiger charge is 2.40. The van der Waals surface area contributed by atoms with Crippen LogP contribution >= 0.6 is 0 Å². The van der Waals surface area contributed by atoms with Gasteiger partial charge in [-0.15, -0.1) is 0 Å². The lowest BCUT2D eigenvalue weighted by Crippen LogP contribution is -2.57. The van der Waals surface area contributed by atoms with Crippen LogP contribution in [0.3, 0.4) is 0 Å². The van der Waals surface area contributed by atoms with E-state index in [1.165, 1.54) is 6.07 Å². The van der Waals surface area contributed by atoms with Gasteiger partial charge in [-0.25, -0.2) is 18.0 Å². The van der Waals surface area contributed by atoms with Crippen molar-refractivity contribution in [3.8, 4) is 0 Å². The number of amides is 1. The number of fused-ring (bicyclic) bond motifs is 2. The third-order valence-electron chi connectivity index (χ3n) is 4.41. The monoisotopic (exact) mass is 369 g/mol. The standard InChI is InChI=1S/C19H22F3NO3/c1-19(2,3)26-18(24)23-13-6-12(7-14(23)10-25-9-13)11-4-5-15(17(21)22)16(20)8-11/h4-6,8,13-14,17H,7,9-10H2,1-3H3. The number of hydrogen-bond donors (Lipinski definition) is 0. The molecule has 1 fully saturated rings. The minimum absolute atomic E-state index is 0.235. The predicted octanol–water partition coefficient (Wildman–Crippen LogP) is 4.55. The number of morpholine rings is 1. The van der Waals surface area contributed by atoms with Gasteiger partial charge in [0.15, 0.2) is 0 Å². The van der Waals surface area contributed by atoms with Crippen molar-refractivity contribution in [3.05, 3.63) is 41.2 Å². The Bertz CT molecular complexity index is 727. The van der Waals surface area contributed by atoms with E-state index >= 15 is 0 Å². The second-order valence-electron chi connectivity index (χ2n) is 7.58. The summed E-state index contributed by atoms with van der Waals surface area (Å²) in [6, 6.07) is 3.18. The summed E-state index contributed by atoms with van der Waals surface area (Å²) in [5, 5.41) is 0. The summed E-state index contributed by atoms with van der Waals surface area (Å²) in [4.78, 5) is 14.2. The molecule has 0 N–H and O–H groups in total. The van der Waals surface area contributed by atoms with Gasteiger partial charge in [-0.1, -0.05) is 12.1 Å². The topological polar surface area (TPSA) is 38.8 Å². The van der Waals surface area contributed by atoms with Gasteiger partial charge in [0.05, 0.1) is 30.9 Å². The lowest BCUT2D eigenvalue weighted by molar-refractivity contribution is -0.0510. The second-order valence-corrected chi connectivity index (χ2v) is 7.58. The van der Waals surface area contributed by atoms with Crippen molar-refractivity contribution >= 4 is 11.7 Å². The summed E-state index contributed by atoms with van der Waals surface area (Å²) in [5.74, 6) is -0.922. The lowest BCUT2D eigenvalue weighted by atomic mass is 9.89. The number of hydrogen-bond acceptors (Lipinski definition) is 3. The van der Waals surface area contributed by atoms with Crippen LogP contribution in [-0.2, 0) is 9.47 Å². The summed E-state index contributed by atoms with van der Waals surface area (Å²) >= 11 is 0. The van der Waals surface area contributed by atoms with E-state index in [1.807, 2.05) is 6.08 Å². The SMILES string of the molecule is CC(C)(C)OC(=O)N1C2C=C(c3ccc(C(F)F)c(F)c3)CC1COC2. The molecule has 0 radical (unpaired) electrons. The lowest BCUT2D eigenvalue weighted by Gasteiger charge is -2.44. The molecule has 2 atom stereocenters. The Morgan fingerprint density at radius 3 is 2.62 bits per heavy atom. The molecule has 0 aliphatic carbocycles. The molecule has 1 amide bonds. The van der Waals surface area contributed by atoms with Crippen LogP contribution in [0.5, 0.6) is 0 Å². The van der Waals surface area contributed by atoms with Crippen molar-refractivity contribution in [1.29, 1.82) is 0 Å². The highest BCUT2D eigenvalue weighted by Crippen LogP contribution is 2.35. The second kappa shape index (κ2) is 6.95. The molecule has 0 saturated carbocycles. The molecule has 4 nitrogen and oxygen atoms in total. The molecule has 1 saturated heterocycles. The van der Waals surface area contributed by atoms with Crippen LogP contribution in [-0.4, -0.2) is 41.9 Å². The first-order chi connectivity index (χ1) is 12.2. The Labute approximate surface area is 150 Å². The maximum Gasteiger partial charge on any atom is 0.411 e. The van der Waals surface area contributed by atoms with Crippen molar-refractivity contribution in [1.82, 2.24) is 4.90 Å². The van der Waals surface area contributed by atoms with Crippen LogP contribution < -0.4 is 0 Å². The molecule has 2 bridgehead atoms. The van der Waals surface area contributed by atoms with Crippen LogP contribution in [0, 0.1) is 5.82 Å².